The Balaban J connectivity index is 1.82. The maximum absolute atomic E-state index is 12.8. The molecule has 0 aromatic heterocycles. The first-order valence-corrected chi connectivity index (χ1v) is 11.0. The molecule has 0 radical (unpaired) electrons. The van der Waals surface area contributed by atoms with Crippen molar-refractivity contribution in [3.8, 4) is 0 Å². The summed E-state index contributed by atoms with van der Waals surface area (Å²) >= 11 is 0. The fourth-order valence-corrected chi connectivity index (χ4v) is 4.79. The molecule has 2 aromatic carbocycles. The zero-order valence-corrected chi connectivity index (χ0v) is 17.1. The monoisotopic (exact) mass is 419 g/mol. The second-order valence-corrected chi connectivity index (χ2v) is 8.79. The highest BCUT2D eigenvalue weighted by atomic mass is 32.2. The molecule has 156 valence electrons. The van der Waals surface area contributed by atoms with Gasteiger partial charge in [0.2, 0.25) is 10.0 Å². The molecule has 1 fully saturated rings. The molecule has 1 aliphatic heterocycles. The molecule has 0 saturated carbocycles. The molecule has 1 saturated heterocycles. The van der Waals surface area contributed by atoms with E-state index in [-0.39, 0.29) is 29.6 Å². The highest BCUT2D eigenvalue weighted by Crippen LogP contribution is 2.30. The van der Waals surface area contributed by atoms with Crippen LogP contribution in [-0.2, 0) is 14.8 Å². The lowest BCUT2D eigenvalue weighted by atomic mass is 9.96. The number of anilines is 1. The van der Waals surface area contributed by atoms with Crippen molar-refractivity contribution in [2.75, 3.05) is 38.2 Å². The largest absolute Gasteiger partial charge is 0.379 e. The third kappa shape index (κ3) is 4.92. The quantitative estimate of drug-likeness (QED) is 0.521. The van der Waals surface area contributed by atoms with Gasteiger partial charge in [-0.3, -0.25) is 10.1 Å². The van der Waals surface area contributed by atoms with Crippen LogP contribution < -0.4 is 5.32 Å². The number of hydrogen-bond acceptors (Lipinski definition) is 6. The molecule has 0 aliphatic carbocycles. The lowest BCUT2D eigenvalue weighted by Gasteiger charge is -2.26. The van der Waals surface area contributed by atoms with E-state index in [2.05, 4.69) is 12.2 Å². The molecule has 8 nitrogen and oxygen atoms in total. The molecule has 0 spiro atoms. The summed E-state index contributed by atoms with van der Waals surface area (Å²) < 4.78 is 32.1. The van der Waals surface area contributed by atoms with E-state index in [1.54, 1.807) is 0 Å². The van der Waals surface area contributed by atoms with Crippen molar-refractivity contribution < 1.29 is 18.1 Å². The number of benzene rings is 2. The van der Waals surface area contributed by atoms with E-state index in [1.165, 1.54) is 16.4 Å². The minimum absolute atomic E-state index is 0.0771. The standard InChI is InChI=1S/C20H25N3O5S/c1-2-16(17-6-4-3-5-7-17)15-21-19-9-8-18(14-20(19)23(24)25)29(26,27)22-10-12-28-13-11-22/h3-9,14,16,21H,2,10-13,15H2,1H3/t16-/m1/s1. The van der Waals surface area contributed by atoms with Gasteiger partial charge in [0.25, 0.3) is 5.69 Å². The second kappa shape index (κ2) is 9.34. The molecule has 0 bridgehead atoms. The number of hydrogen-bond donors (Lipinski definition) is 1. The average molecular weight is 420 g/mol. The smallest absolute Gasteiger partial charge is 0.293 e. The summed E-state index contributed by atoms with van der Waals surface area (Å²) in [5.74, 6) is 0.188. The molecule has 1 atom stereocenters. The van der Waals surface area contributed by atoms with Crippen molar-refractivity contribution in [2.24, 2.45) is 0 Å². The summed E-state index contributed by atoms with van der Waals surface area (Å²) in [7, 11) is -3.79. The van der Waals surface area contributed by atoms with Crippen molar-refractivity contribution in [1.82, 2.24) is 4.31 Å². The van der Waals surface area contributed by atoms with Gasteiger partial charge in [-0.1, -0.05) is 37.3 Å². The fraction of sp³-hybridized carbons (Fsp3) is 0.400. The first-order valence-electron chi connectivity index (χ1n) is 9.58. The van der Waals surface area contributed by atoms with E-state index in [9.17, 15) is 18.5 Å². The van der Waals surface area contributed by atoms with Crippen LogP contribution in [0.3, 0.4) is 0 Å². The molecule has 29 heavy (non-hydrogen) atoms. The van der Waals surface area contributed by atoms with Crippen LogP contribution in [0.5, 0.6) is 0 Å². The Morgan fingerprint density at radius 3 is 2.48 bits per heavy atom. The molecule has 0 amide bonds. The summed E-state index contributed by atoms with van der Waals surface area (Å²) in [6, 6.07) is 14.0. The molecule has 0 unspecified atom stereocenters. The van der Waals surface area contributed by atoms with Crippen LogP contribution >= 0.6 is 0 Å². The maximum Gasteiger partial charge on any atom is 0.293 e. The summed E-state index contributed by atoms with van der Waals surface area (Å²) in [6.45, 7) is 3.69. The van der Waals surface area contributed by atoms with Crippen LogP contribution in [0, 0.1) is 10.1 Å². The minimum Gasteiger partial charge on any atom is -0.379 e. The number of nitro groups is 1. The van der Waals surface area contributed by atoms with Gasteiger partial charge in [0.15, 0.2) is 0 Å². The number of morpholine rings is 1. The van der Waals surface area contributed by atoms with Gasteiger partial charge in [-0.05, 0) is 24.1 Å². The molecular formula is C20H25N3O5S. The predicted octanol–water partition coefficient (Wildman–Crippen LogP) is 3.22. The van der Waals surface area contributed by atoms with E-state index >= 15 is 0 Å². The first kappa shape index (κ1) is 21.2. The summed E-state index contributed by atoms with van der Waals surface area (Å²) in [5, 5.41) is 14.7. The Morgan fingerprint density at radius 2 is 1.86 bits per heavy atom. The second-order valence-electron chi connectivity index (χ2n) is 6.85. The van der Waals surface area contributed by atoms with Gasteiger partial charge in [-0.25, -0.2) is 8.42 Å². The third-order valence-corrected chi connectivity index (χ3v) is 6.97. The minimum atomic E-state index is -3.79. The highest BCUT2D eigenvalue weighted by molar-refractivity contribution is 7.89. The first-order chi connectivity index (χ1) is 13.9. The Bertz CT molecular complexity index is 944. The van der Waals surface area contributed by atoms with Gasteiger partial charge in [0.05, 0.1) is 23.0 Å². The summed E-state index contributed by atoms with van der Waals surface area (Å²) in [4.78, 5) is 11.0. The van der Waals surface area contributed by atoms with E-state index in [0.29, 0.717) is 25.4 Å². The lowest BCUT2D eigenvalue weighted by Crippen LogP contribution is -2.40. The molecule has 1 aliphatic rings. The van der Waals surface area contributed by atoms with Crippen molar-refractivity contribution in [3.63, 3.8) is 0 Å². The van der Waals surface area contributed by atoms with Crippen molar-refractivity contribution in [3.05, 3.63) is 64.2 Å². The Labute approximate surface area is 170 Å². The third-order valence-electron chi connectivity index (χ3n) is 5.08. The molecule has 1 heterocycles. The van der Waals surface area contributed by atoms with Crippen molar-refractivity contribution in [2.45, 2.75) is 24.2 Å². The van der Waals surface area contributed by atoms with Crippen LogP contribution in [-0.4, -0.2) is 50.5 Å². The van der Waals surface area contributed by atoms with E-state index in [0.717, 1.165) is 18.1 Å². The number of sulfonamides is 1. The van der Waals surface area contributed by atoms with E-state index in [4.69, 9.17) is 4.74 Å². The molecule has 1 N–H and O–H groups in total. The van der Waals surface area contributed by atoms with E-state index < -0.39 is 14.9 Å². The zero-order chi connectivity index (χ0) is 20.9. The van der Waals surface area contributed by atoms with Gasteiger partial charge in [-0.15, -0.1) is 0 Å². The fourth-order valence-electron chi connectivity index (χ4n) is 3.36. The van der Waals surface area contributed by atoms with Gasteiger partial charge in [-0.2, -0.15) is 4.31 Å². The predicted molar refractivity (Wildman–Crippen MR) is 111 cm³/mol. The SMILES string of the molecule is CC[C@H](CNc1ccc(S(=O)(=O)N2CCOCC2)cc1[N+](=O)[O-])c1ccccc1. The van der Waals surface area contributed by atoms with Crippen LogP contribution in [0.25, 0.3) is 0 Å². The molecular weight excluding hydrogens is 394 g/mol. The molecule has 2 aromatic rings. The Hall–Kier alpha value is -2.49. The number of nitrogens with zero attached hydrogens (tertiary/aromatic N) is 2. The van der Waals surface area contributed by atoms with Crippen molar-refractivity contribution in [1.29, 1.82) is 0 Å². The highest BCUT2D eigenvalue weighted by Gasteiger charge is 2.29. The van der Waals surface area contributed by atoms with Gasteiger partial charge in [0, 0.05) is 31.6 Å². The lowest BCUT2D eigenvalue weighted by molar-refractivity contribution is -0.384. The van der Waals surface area contributed by atoms with Crippen LogP contribution in [0.15, 0.2) is 53.4 Å². The molecule has 3 rings (SSSR count). The zero-order valence-electron chi connectivity index (χ0n) is 16.3. The van der Waals surface area contributed by atoms with Crippen molar-refractivity contribution >= 4 is 21.4 Å². The number of nitro benzene ring substituents is 1. The Kier molecular flexibility index (Phi) is 6.83. The van der Waals surface area contributed by atoms with Crippen LogP contribution in [0.4, 0.5) is 11.4 Å². The number of ether oxygens (including phenoxy) is 1. The molecule has 9 heteroatoms. The van der Waals surface area contributed by atoms with Gasteiger partial charge < -0.3 is 10.1 Å². The van der Waals surface area contributed by atoms with Gasteiger partial charge in [0.1, 0.15) is 5.69 Å². The topological polar surface area (TPSA) is 102 Å². The average Bonchev–Trinajstić information content (AvgIpc) is 2.75. The van der Waals surface area contributed by atoms with Crippen LogP contribution in [0.2, 0.25) is 0 Å². The van der Waals surface area contributed by atoms with Crippen LogP contribution in [0.1, 0.15) is 24.8 Å². The van der Waals surface area contributed by atoms with Gasteiger partial charge >= 0.3 is 0 Å². The summed E-state index contributed by atoms with van der Waals surface area (Å²) in [6.07, 6.45) is 0.869. The Morgan fingerprint density at radius 1 is 1.17 bits per heavy atom. The summed E-state index contributed by atoms with van der Waals surface area (Å²) in [5.41, 5.74) is 1.21. The normalized spacial score (nSPS) is 16.3. The number of rotatable bonds is 8. The number of nitrogens with one attached hydrogen (secondary N) is 1. The maximum atomic E-state index is 12.8. The van der Waals surface area contributed by atoms with E-state index in [1.807, 2.05) is 30.3 Å².